The first kappa shape index (κ1) is 21.5. The summed E-state index contributed by atoms with van der Waals surface area (Å²) >= 11 is 0. The van der Waals surface area contributed by atoms with Crippen molar-refractivity contribution in [3.05, 3.63) is 107 Å². The summed E-state index contributed by atoms with van der Waals surface area (Å²) in [6.45, 7) is 0. The van der Waals surface area contributed by atoms with E-state index in [1.165, 1.54) is 54.6 Å². The molecule has 3 aromatic rings. The molecule has 0 radical (unpaired) electrons. The molecule has 32 heavy (non-hydrogen) atoms. The molecule has 1 aliphatic heterocycles. The Kier molecular flexibility index (Phi) is 5.46. The summed E-state index contributed by atoms with van der Waals surface area (Å²) in [5.74, 6) is -6.37. The van der Waals surface area contributed by atoms with Crippen molar-refractivity contribution < 1.29 is 27.2 Å². The molecule has 8 heteroatoms. The van der Waals surface area contributed by atoms with Crippen LogP contribution < -0.4 is 11.1 Å². The molecule has 1 saturated heterocycles. The number of carbonyl (C=O) groups is 2. The number of nitrogens with two attached hydrogens (primary N) is 1. The van der Waals surface area contributed by atoms with Gasteiger partial charge in [-0.3, -0.25) is 9.59 Å². The Bertz CT molecular complexity index is 1130. The van der Waals surface area contributed by atoms with E-state index in [-0.39, 0.29) is 5.56 Å². The fraction of sp³-hybridized carbons (Fsp3) is 0.167. The molecule has 164 valence electrons. The molecule has 4 rings (SSSR count). The van der Waals surface area contributed by atoms with E-state index in [1.807, 2.05) is 0 Å². The van der Waals surface area contributed by atoms with Crippen molar-refractivity contribution in [2.24, 2.45) is 11.7 Å². The minimum absolute atomic E-state index is 0.0374. The number of amides is 2. The molecule has 0 spiro atoms. The van der Waals surface area contributed by atoms with E-state index in [4.69, 9.17) is 5.73 Å². The highest BCUT2D eigenvalue weighted by atomic mass is 19.1. The Morgan fingerprint density at radius 3 is 1.81 bits per heavy atom. The van der Waals surface area contributed by atoms with Crippen molar-refractivity contribution in [3.8, 4) is 0 Å². The smallest absolute Gasteiger partial charge is 0.225 e. The average molecular weight is 442 g/mol. The highest BCUT2D eigenvalue weighted by Crippen LogP contribution is 2.52. The lowest BCUT2D eigenvalue weighted by molar-refractivity contribution is -0.127. The van der Waals surface area contributed by atoms with Gasteiger partial charge in [-0.2, -0.15) is 0 Å². The molecule has 2 atom stereocenters. The second-order valence-corrected chi connectivity index (χ2v) is 7.73. The second-order valence-electron chi connectivity index (χ2n) is 7.73. The van der Waals surface area contributed by atoms with Gasteiger partial charge in [0.15, 0.2) is 0 Å². The van der Waals surface area contributed by atoms with Gasteiger partial charge in [-0.1, -0.05) is 30.3 Å². The first-order chi connectivity index (χ1) is 15.2. The maximum Gasteiger partial charge on any atom is 0.225 e. The summed E-state index contributed by atoms with van der Waals surface area (Å²) in [6.07, 6.45) is -0.405. The summed E-state index contributed by atoms with van der Waals surface area (Å²) in [7, 11) is 0. The largest absolute Gasteiger partial charge is 0.370 e. The minimum Gasteiger partial charge on any atom is -0.370 e. The van der Waals surface area contributed by atoms with E-state index in [0.29, 0.717) is 17.2 Å². The molecule has 1 fully saturated rings. The van der Waals surface area contributed by atoms with Gasteiger partial charge in [-0.15, -0.1) is 0 Å². The molecule has 1 heterocycles. The van der Waals surface area contributed by atoms with Gasteiger partial charge in [0, 0.05) is 18.4 Å². The zero-order valence-electron chi connectivity index (χ0n) is 16.6. The fourth-order valence-electron chi connectivity index (χ4n) is 4.54. The van der Waals surface area contributed by atoms with Crippen molar-refractivity contribution in [3.63, 3.8) is 0 Å². The van der Waals surface area contributed by atoms with Crippen molar-refractivity contribution in [1.29, 1.82) is 0 Å². The number of carbonyl (C=O) groups excluding carboxylic acids is 2. The normalized spacial score (nSPS) is 19.6. The van der Waals surface area contributed by atoms with Crippen LogP contribution in [0.3, 0.4) is 0 Å². The van der Waals surface area contributed by atoms with Crippen molar-refractivity contribution in [2.75, 3.05) is 0 Å². The topological polar surface area (TPSA) is 72.2 Å². The second kappa shape index (κ2) is 8.11. The summed E-state index contributed by atoms with van der Waals surface area (Å²) in [5, 5.41) is 2.83. The third kappa shape index (κ3) is 3.62. The standard InChI is InChI=1S/C24H18F4N2O2/c25-15-5-1-13(2-6-15)24(14-3-7-16(26)8-4-14)22(18-10-9-17(27)11-20(18)28)19(12-21(29)31)23(32)30-24/h1-11,19,22H,12H2,(H2,29,31)(H,30,32)/t19-,22?/m0/s1. The van der Waals surface area contributed by atoms with Gasteiger partial charge in [-0.25, -0.2) is 17.6 Å². The predicted molar refractivity (Wildman–Crippen MR) is 108 cm³/mol. The molecule has 1 unspecified atom stereocenters. The number of halogens is 4. The zero-order valence-corrected chi connectivity index (χ0v) is 16.6. The third-order valence-corrected chi connectivity index (χ3v) is 5.84. The van der Waals surface area contributed by atoms with Crippen LogP contribution in [-0.4, -0.2) is 11.8 Å². The lowest BCUT2D eigenvalue weighted by Gasteiger charge is -2.38. The Hall–Kier alpha value is -3.68. The van der Waals surface area contributed by atoms with E-state index >= 15 is 4.39 Å². The van der Waals surface area contributed by atoms with Crippen LogP contribution in [0.15, 0.2) is 66.7 Å². The van der Waals surface area contributed by atoms with Crippen LogP contribution in [0, 0.1) is 29.2 Å². The Morgan fingerprint density at radius 1 is 0.844 bits per heavy atom. The zero-order chi connectivity index (χ0) is 23.0. The SMILES string of the molecule is NC(=O)C[C@@H]1C(=O)NC(c2ccc(F)cc2)(c2ccc(F)cc2)C1c1ccc(F)cc1F. The number of rotatable bonds is 5. The van der Waals surface area contributed by atoms with Gasteiger partial charge in [0.2, 0.25) is 11.8 Å². The summed E-state index contributed by atoms with van der Waals surface area (Å²) < 4.78 is 56.1. The quantitative estimate of drug-likeness (QED) is 0.589. The Balaban J connectivity index is 2.04. The summed E-state index contributed by atoms with van der Waals surface area (Å²) in [4.78, 5) is 24.9. The van der Waals surface area contributed by atoms with Gasteiger partial charge in [-0.05, 0) is 47.0 Å². The molecular formula is C24H18F4N2O2. The van der Waals surface area contributed by atoms with Gasteiger partial charge in [0.1, 0.15) is 23.3 Å². The third-order valence-electron chi connectivity index (χ3n) is 5.84. The number of hydrogen-bond donors (Lipinski definition) is 2. The molecule has 0 bridgehead atoms. The minimum atomic E-state index is -1.50. The first-order valence-electron chi connectivity index (χ1n) is 9.79. The molecule has 2 amide bonds. The van der Waals surface area contributed by atoms with Gasteiger partial charge in [0.25, 0.3) is 0 Å². The molecule has 0 aliphatic carbocycles. The Morgan fingerprint density at radius 2 is 1.34 bits per heavy atom. The number of benzene rings is 3. The lowest BCUT2D eigenvalue weighted by atomic mass is 9.67. The molecule has 3 N–H and O–H groups in total. The summed E-state index contributed by atoms with van der Waals surface area (Å²) in [6, 6.07) is 13.3. The molecule has 0 saturated carbocycles. The molecule has 4 nitrogen and oxygen atoms in total. The van der Waals surface area contributed by atoms with Crippen LogP contribution in [-0.2, 0) is 15.1 Å². The van der Waals surface area contributed by atoms with E-state index in [1.54, 1.807) is 0 Å². The molecule has 1 aliphatic rings. The van der Waals surface area contributed by atoms with Crippen LogP contribution in [0.2, 0.25) is 0 Å². The van der Waals surface area contributed by atoms with E-state index < -0.39 is 58.9 Å². The van der Waals surface area contributed by atoms with Crippen molar-refractivity contribution in [1.82, 2.24) is 5.32 Å². The van der Waals surface area contributed by atoms with Crippen LogP contribution in [0.5, 0.6) is 0 Å². The highest BCUT2D eigenvalue weighted by molar-refractivity contribution is 5.90. The first-order valence-corrected chi connectivity index (χ1v) is 9.79. The van der Waals surface area contributed by atoms with Crippen molar-refractivity contribution >= 4 is 11.8 Å². The highest BCUT2D eigenvalue weighted by Gasteiger charge is 2.56. The lowest BCUT2D eigenvalue weighted by Crippen LogP contribution is -2.43. The maximum atomic E-state index is 15.0. The van der Waals surface area contributed by atoms with Gasteiger partial charge in [0.05, 0.1) is 11.5 Å². The molecule has 3 aromatic carbocycles. The van der Waals surface area contributed by atoms with Crippen LogP contribution in [0.25, 0.3) is 0 Å². The van der Waals surface area contributed by atoms with Gasteiger partial charge >= 0.3 is 0 Å². The predicted octanol–water partition coefficient (Wildman–Crippen LogP) is 3.89. The van der Waals surface area contributed by atoms with E-state index in [2.05, 4.69) is 5.32 Å². The van der Waals surface area contributed by atoms with Crippen LogP contribution >= 0.6 is 0 Å². The maximum absolute atomic E-state index is 15.0. The number of nitrogens with one attached hydrogen (secondary N) is 1. The monoisotopic (exact) mass is 442 g/mol. The Labute approximate surface area is 181 Å². The molecular weight excluding hydrogens is 424 g/mol. The fourth-order valence-corrected chi connectivity index (χ4v) is 4.54. The van der Waals surface area contributed by atoms with Crippen molar-refractivity contribution in [2.45, 2.75) is 17.9 Å². The summed E-state index contributed by atoms with van der Waals surface area (Å²) in [5.41, 5.74) is 4.58. The van der Waals surface area contributed by atoms with E-state index in [0.717, 1.165) is 6.07 Å². The van der Waals surface area contributed by atoms with Crippen LogP contribution in [0.4, 0.5) is 17.6 Å². The number of primary amides is 1. The molecule has 0 aromatic heterocycles. The van der Waals surface area contributed by atoms with E-state index in [9.17, 15) is 22.8 Å². The van der Waals surface area contributed by atoms with Gasteiger partial charge < -0.3 is 11.1 Å². The average Bonchev–Trinajstić information content (AvgIpc) is 3.01. The van der Waals surface area contributed by atoms with Crippen LogP contribution in [0.1, 0.15) is 29.0 Å². The number of hydrogen-bond acceptors (Lipinski definition) is 2.